The van der Waals surface area contributed by atoms with Gasteiger partial charge >= 0.3 is 0 Å². The molecule has 4 rings (SSSR count). The lowest BCUT2D eigenvalue weighted by Gasteiger charge is -2.13. The quantitative estimate of drug-likeness (QED) is 0.368. The number of aryl methyl sites for hydroxylation is 3. The summed E-state index contributed by atoms with van der Waals surface area (Å²) in [6, 6.07) is 15.8. The van der Waals surface area contributed by atoms with E-state index in [0.29, 0.717) is 5.56 Å². The summed E-state index contributed by atoms with van der Waals surface area (Å²) < 4.78 is 0.934. The molecule has 0 radical (unpaired) electrons. The molecule has 0 saturated heterocycles. The van der Waals surface area contributed by atoms with Gasteiger partial charge in [0.05, 0.1) is 21.7 Å². The number of rotatable bonds is 3. The molecule has 0 aliphatic heterocycles. The molecule has 2 aromatic carbocycles. The number of nitrogens with one attached hydrogen (secondary N) is 1. The molecule has 0 unspecified atom stereocenters. The summed E-state index contributed by atoms with van der Waals surface area (Å²) in [7, 11) is 0. The number of fused-ring (bicyclic) bond motifs is 1. The van der Waals surface area contributed by atoms with Crippen LogP contribution in [-0.4, -0.2) is 10.9 Å². The minimum Gasteiger partial charge on any atom is -0.322 e. The first-order chi connectivity index (χ1) is 13.4. The van der Waals surface area contributed by atoms with E-state index < -0.39 is 0 Å². The van der Waals surface area contributed by atoms with Crippen molar-refractivity contribution in [1.29, 1.82) is 0 Å². The molecule has 0 saturated carbocycles. The zero-order valence-corrected chi connectivity index (χ0v) is 18.2. The maximum atomic E-state index is 13.2. The lowest BCUT2D eigenvalue weighted by atomic mass is 10.0. The van der Waals surface area contributed by atoms with Crippen molar-refractivity contribution in [1.82, 2.24) is 4.98 Å². The Morgan fingerprint density at radius 1 is 1.00 bits per heavy atom. The predicted octanol–water partition coefficient (Wildman–Crippen LogP) is 6.90. The fraction of sp³-hybridized carbons (Fsp3) is 0.130. The highest BCUT2D eigenvalue weighted by Gasteiger charge is 2.17. The summed E-state index contributed by atoms with van der Waals surface area (Å²) in [5, 5.41) is 5.91. The van der Waals surface area contributed by atoms with Crippen LogP contribution in [0, 0.1) is 20.8 Å². The van der Waals surface area contributed by atoms with Crippen molar-refractivity contribution in [3.05, 3.63) is 80.6 Å². The molecule has 0 aliphatic carbocycles. The summed E-state index contributed by atoms with van der Waals surface area (Å²) >= 11 is 5.17. The zero-order valence-electron chi connectivity index (χ0n) is 15.8. The van der Waals surface area contributed by atoms with E-state index in [0.717, 1.165) is 42.8 Å². The van der Waals surface area contributed by atoms with Gasteiger partial charge in [-0.05, 0) is 79.2 Å². The lowest BCUT2D eigenvalue weighted by molar-refractivity contribution is 0.102. The van der Waals surface area contributed by atoms with Crippen LogP contribution in [0.25, 0.3) is 21.5 Å². The number of anilines is 1. The zero-order chi connectivity index (χ0) is 19.8. The van der Waals surface area contributed by atoms with E-state index in [1.807, 2.05) is 67.8 Å². The fourth-order valence-corrected chi connectivity index (χ4v) is 4.47. The normalized spacial score (nSPS) is 11.0. The molecule has 5 heteroatoms. The number of aromatic nitrogens is 1. The standard InChI is InChI=1S/C23H19BrN2OS/c1-13-6-7-17(10-14(13)2)25-23(27)19-12-20(21-5-4-8-28-21)26-22-15(3)9-16(24)11-18(19)22/h4-12H,1-3H3,(H,25,27). The maximum absolute atomic E-state index is 13.2. The summed E-state index contributed by atoms with van der Waals surface area (Å²) in [6.07, 6.45) is 0. The average Bonchev–Trinajstić information content (AvgIpc) is 3.19. The molecule has 1 N–H and O–H groups in total. The number of nitrogens with zero attached hydrogens (tertiary/aromatic N) is 1. The van der Waals surface area contributed by atoms with E-state index >= 15 is 0 Å². The Labute approximate surface area is 176 Å². The second kappa shape index (κ2) is 7.49. The molecule has 0 atom stereocenters. The van der Waals surface area contributed by atoms with Gasteiger partial charge in [-0.15, -0.1) is 11.3 Å². The largest absolute Gasteiger partial charge is 0.322 e. The third-order valence-corrected chi connectivity index (χ3v) is 6.20. The van der Waals surface area contributed by atoms with Gasteiger partial charge in [-0.2, -0.15) is 0 Å². The first-order valence-electron chi connectivity index (χ1n) is 8.96. The van der Waals surface area contributed by atoms with Crippen molar-refractivity contribution in [2.45, 2.75) is 20.8 Å². The highest BCUT2D eigenvalue weighted by molar-refractivity contribution is 9.10. The van der Waals surface area contributed by atoms with Gasteiger partial charge in [-0.1, -0.05) is 28.1 Å². The molecule has 28 heavy (non-hydrogen) atoms. The van der Waals surface area contributed by atoms with Crippen molar-refractivity contribution >= 4 is 49.8 Å². The number of hydrogen-bond donors (Lipinski definition) is 1. The van der Waals surface area contributed by atoms with Crippen molar-refractivity contribution < 1.29 is 4.79 Å². The maximum Gasteiger partial charge on any atom is 0.256 e. The number of hydrogen-bond acceptors (Lipinski definition) is 3. The van der Waals surface area contributed by atoms with Gasteiger partial charge in [-0.3, -0.25) is 4.79 Å². The Bertz CT molecular complexity index is 1200. The SMILES string of the molecule is Cc1ccc(NC(=O)c2cc(-c3cccs3)nc3c(C)cc(Br)cc23)cc1C. The Balaban J connectivity index is 1.86. The van der Waals surface area contributed by atoms with Crippen molar-refractivity contribution in [3.63, 3.8) is 0 Å². The molecular formula is C23H19BrN2OS. The molecule has 4 aromatic rings. The van der Waals surface area contributed by atoms with Gasteiger partial charge in [0.1, 0.15) is 0 Å². The monoisotopic (exact) mass is 450 g/mol. The number of carbonyl (C=O) groups is 1. The summed E-state index contributed by atoms with van der Waals surface area (Å²) in [4.78, 5) is 19.1. The van der Waals surface area contributed by atoms with E-state index in [9.17, 15) is 4.79 Å². The van der Waals surface area contributed by atoms with Crippen LogP contribution in [0.1, 0.15) is 27.0 Å². The number of amides is 1. The third-order valence-electron chi connectivity index (χ3n) is 4.85. The Kier molecular flexibility index (Phi) is 5.04. The second-order valence-electron chi connectivity index (χ2n) is 6.90. The van der Waals surface area contributed by atoms with E-state index in [-0.39, 0.29) is 5.91 Å². The average molecular weight is 451 g/mol. The van der Waals surface area contributed by atoms with Crippen LogP contribution in [-0.2, 0) is 0 Å². The molecule has 0 fully saturated rings. The van der Waals surface area contributed by atoms with E-state index in [2.05, 4.69) is 28.2 Å². The molecule has 2 aromatic heterocycles. The predicted molar refractivity (Wildman–Crippen MR) is 121 cm³/mol. The first-order valence-corrected chi connectivity index (χ1v) is 10.6. The van der Waals surface area contributed by atoms with Crippen molar-refractivity contribution in [3.8, 4) is 10.6 Å². The van der Waals surface area contributed by atoms with Crippen LogP contribution in [0.5, 0.6) is 0 Å². The van der Waals surface area contributed by atoms with Gasteiger partial charge in [0.2, 0.25) is 0 Å². The molecule has 140 valence electrons. The Morgan fingerprint density at radius 2 is 1.82 bits per heavy atom. The smallest absolute Gasteiger partial charge is 0.256 e. The fourth-order valence-electron chi connectivity index (χ4n) is 3.21. The molecule has 1 amide bonds. The molecule has 0 spiro atoms. The van der Waals surface area contributed by atoms with Gasteiger partial charge in [0.15, 0.2) is 0 Å². The van der Waals surface area contributed by atoms with Gasteiger partial charge in [0.25, 0.3) is 5.91 Å². The van der Waals surface area contributed by atoms with E-state index in [1.54, 1.807) is 11.3 Å². The van der Waals surface area contributed by atoms with Gasteiger partial charge < -0.3 is 5.32 Å². The van der Waals surface area contributed by atoms with Crippen LogP contribution >= 0.6 is 27.3 Å². The highest BCUT2D eigenvalue weighted by atomic mass is 79.9. The molecule has 2 heterocycles. The number of pyridine rings is 1. The minimum absolute atomic E-state index is 0.133. The Morgan fingerprint density at radius 3 is 2.54 bits per heavy atom. The van der Waals surface area contributed by atoms with Crippen LogP contribution in [0.2, 0.25) is 0 Å². The van der Waals surface area contributed by atoms with Gasteiger partial charge in [-0.25, -0.2) is 4.98 Å². The highest BCUT2D eigenvalue weighted by Crippen LogP contribution is 2.31. The number of thiophene rings is 1. The summed E-state index contributed by atoms with van der Waals surface area (Å²) in [5.41, 5.74) is 6.46. The first kappa shape index (κ1) is 18.8. The van der Waals surface area contributed by atoms with E-state index in [1.165, 1.54) is 5.56 Å². The summed E-state index contributed by atoms with van der Waals surface area (Å²) in [6.45, 7) is 6.12. The van der Waals surface area contributed by atoms with Crippen LogP contribution in [0.3, 0.4) is 0 Å². The number of halogens is 1. The number of carbonyl (C=O) groups excluding carboxylic acids is 1. The van der Waals surface area contributed by atoms with Crippen LogP contribution < -0.4 is 5.32 Å². The summed E-state index contributed by atoms with van der Waals surface area (Å²) in [5.74, 6) is -0.133. The minimum atomic E-state index is -0.133. The van der Waals surface area contributed by atoms with Crippen molar-refractivity contribution in [2.75, 3.05) is 5.32 Å². The van der Waals surface area contributed by atoms with Crippen molar-refractivity contribution in [2.24, 2.45) is 0 Å². The van der Waals surface area contributed by atoms with Gasteiger partial charge in [0, 0.05) is 15.5 Å². The second-order valence-corrected chi connectivity index (χ2v) is 8.77. The lowest BCUT2D eigenvalue weighted by Crippen LogP contribution is -2.13. The van der Waals surface area contributed by atoms with Crippen LogP contribution in [0.15, 0.2) is 58.4 Å². The Hall–Kier alpha value is -2.50. The van der Waals surface area contributed by atoms with E-state index in [4.69, 9.17) is 4.98 Å². The topological polar surface area (TPSA) is 42.0 Å². The van der Waals surface area contributed by atoms with Crippen LogP contribution in [0.4, 0.5) is 5.69 Å². The number of benzene rings is 2. The third kappa shape index (κ3) is 3.60. The molecule has 3 nitrogen and oxygen atoms in total. The molecule has 0 aliphatic rings. The molecular weight excluding hydrogens is 432 g/mol. The molecule has 0 bridgehead atoms.